The molecule has 1 aromatic carbocycles. The molecule has 1 saturated carbocycles. The Morgan fingerprint density at radius 2 is 2.09 bits per heavy atom. The van der Waals surface area contributed by atoms with Gasteiger partial charge in [0.2, 0.25) is 0 Å². The van der Waals surface area contributed by atoms with Gasteiger partial charge in [-0.25, -0.2) is 8.78 Å². The minimum atomic E-state index is -2.65. The molecule has 6 heteroatoms. The van der Waals surface area contributed by atoms with E-state index in [1.165, 1.54) is 18.2 Å². The summed E-state index contributed by atoms with van der Waals surface area (Å²) in [5.74, 6) is -2.12. The molecule has 4 nitrogen and oxygen atoms in total. The molecule has 2 unspecified atom stereocenters. The minimum Gasteiger partial charge on any atom is -0.481 e. The zero-order valence-electron chi connectivity index (χ0n) is 12.3. The Kier molecular flexibility index (Phi) is 4.78. The van der Waals surface area contributed by atoms with Crippen molar-refractivity contribution in [2.45, 2.75) is 44.6 Å². The minimum absolute atomic E-state index is 0.119. The van der Waals surface area contributed by atoms with Crippen LogP contribution in [0.4, 0.5) is 8.78 Å². The highest BCUT2D eigenvalue weighted by atomic mass is 19.3. The van der Waals surface area contributed by atoms with E-state index in [-0.39, 0.29) is 11.1 Å². The van der Waals surface area contributed by atoms with Gasteiger partial charge in [-0.3, -0.25) is 9.59 Å². The summed E-state index contributed by atoms with van der Waals surface area (Å²) in [5, 5.41) is 12.1. The molecular formula is C16H19F2NO3. The number of aliphatic carboxylic acids is 1. The fourth-order valence-electron chi connectivity index (χ4n) is 3.03. The van der Waals surface area contributed by atoms with Crippen molar-refractivity contribution in [3.05, 3.63) is 35.4 Å². The third-order valence-electron chi connectivity index (χ3n) is 4.31. The molecule has 0 aromatic heterocycles. The van der Waals surface area contributed by atoms with Gasteiger partial charge in [-0.1, -0.05) is 25.0 Å². The average Bonchev–Trinajstić information content (AvgIpc) is 2.47. The lowest BCUT2D eigenvalue weighted by Crippen LogP contribution is -2.55. The molecule has 1 aliphatic carbocycles. The smallest absolute Gasteiger partial charge is 0.308 e. The summed E-state index contributed by atoms with van der Waals surface area (Å²) in [7, 11) is 0. The fourth-order valence-corrected chi connectivity index (χ4v) is 3.03. The predicted octanol–water partition coefficient (Wildman–Crippen LogP) is 3.39. The van der Waals surface area contributed by atoms with Crippen LogP contribution in [0.1, 0.15) is 55.0 Å². The van der Waals surface area contributed by atoms with Gasteiger partial charge in [-0.05, 0) is 31.9 Å². The van der Waals surface area contributed by atoms with Gasteiger partial charge < -0.3 is 10.4 Å². The van der Waals surface area contributed by atoms with Crippen molar-refractivity contribution >= 4 is 11.9 Å². The van der Waals surface area contributed by atoms with Gasteiger partial charge in [-0.15, -0.1) is 0 Å². The van der Waals surface area contributed by atoms with E-state index >= 15 is 0 Å². The zero-order valence-corrected chi connectivity index (χ0v) is 12.3. The van der Waals surface area contributed by atoms with Crippen LogP contribution < -0.4 is 5.32 Å². The van der Waals surface area contributed by atoms with Crippen LogP contribution in [0.3, 0.4) is 0 Å². The summed E-state index contributed by atoms with van der Waals surface area (Å²) in [5.41, 5.74) is -0.966. The summed E-state index contributed by atoms with van der Waals surface area (Å²) < 4.78 is 25.4. The number of nitrogens with one attached hydrogen (secondary N) is 1. The third kappa shape index (κ3) is 3.43. The van der Waals surface area contributed by atoms with E-state index in [1.54, 1.807) is 6.92 Å². The zero-order chi connectivity index (χ0) is 16.3. The molecule has 2 N–H and O–H groups in total. The Labute approximate surface area is 127 Å². The molecule has 1 aromatic rings. The van der Waals surface area contributed by atoms with Crippen LogP contribution >= 0.6 is 0 Å². The van der Waals surface area contributed by atoms with Crippen LogP contribution in [0, 0.1) is 5.92 Å². The number of amides is 1. The molecule has 2 rings (SSSR count). The number of alkyl halides is 2. The lowest BCUT2D eigenvalue weighted by molar-refractivity contribution is -0.145. The van der Waals surface area contributed by atoms with Gasteiger partial charge in [0.05, 0.1) is 11.5 Å². The second kappa shape index (κ2) is 6.42. The Morgan fingerprint density at radius 3 is 2.73 bits per heavy atom. The van der Waals surface area contributed by atoms with E-state index in [4.69, 9.17) is 0 Å². The molecule has 1 amide bonds. The van der Waals surface area contributed by atoms with E-state index in [1.807, 2.05) is 0 Å². The van der Waals surface area contributed by atoms with Crippen molar-refractivity contribution in [2.24, 2.45) is 5.92 Å². The molecule has 0 saturated heterocycles. The van der Waals surface area contributed by atoms with Crippen molar-refractivity contribution < 1.29 is 23.5 Å². The molecule has 0 spiro atoms. The Morgan fingerprint density at radius 1 is 1.36 bits per heavy atom. The molecule has 0 heterocycles. The first kappa shape index (κ1) is 16.4. The van der Waals surface area contributed by atoms with Crippen LogP contribution in [0.25, 0.3) is 0 Å². The number of rotatable bonds is 4. The molecule has 0 radical (unpaired) electrons. The van der Waals surface area contributed by atoms with Crippen LogP contribution in [0.2, 0.25) is 0 Å². The first-order valence-electron chi connectivity index (χ1n) is 7.27. The van der Waals surface area contributed by atoms with E-state index in [0.29, 0.717) is 12.8 Å². The maximum absolute atomic E-state index is 12.7. The van der Waals surface area contributed by atoms with E-state index < -0.39 is 29.8 Å². The number of carbonyl (C=O) groups is 2. The van der Waals surface area contributed by atoms with E-state index in [9.17, 15) is 23.5 Å². The molecule has 1 fully saturated rings. The summed E-state index contributed by atoms with van der Waals surface area (Å²) in [6, 6.07) is 5.24. The molecular weight excluding hydrogens is 292 g/mol. The first-order chi connectivity index (χ1) is 10.3. The number of benzene rings is 1. The molecule has 0 bridgehead atoms. The van der Waals surface area contributed by atoms with Crippen molar-refractivity contribution in [2.75, 3.05) is 0 Å². The first-order valence-corrected chi connectivity index (χ1v) is 7.27. The Hall–Kier alpha value is -1.98. The van der Waals surface area contributed by atoms with Gasteiger partial charge in [0.15, 0.2) is 0 Å². The van der Waals surface area contributed by atoms with Crippen molar-refractivity contribution in [3.63, 3.8) is 0 Å². The second-order valence-corrected chi connectivity index (χ2v) is 5.93. The summed E-state index contributed by atoms with van der Waals surface area (Å²) in [6.45, 7) is 1.71. The quantitative estimate of drug-likeness (QED) is 0.895. The Bertz CT molecular complexity index is 576. The highest BCUT2D eigenvalue weighted by Gasteiger charge is 2.42. The van der Waals surface area contributed by atoms with E-state index in [0.717, 1.165) is 18.9 Å². The van der Waals surface area contributed by atoms with Gasteiger partial charge >= 0.3 is 5.97 Å². The van der Waals surface area contributed by atoms with Gasteiger partial charge in [0.25, 0.3) is 12.3 Å². The van der Waals surface area contributed by atoms with E-state index in [2.05, 4.69) is 5.32 Å². The number of hydrogen-bond acceptors (Lipinski definition) is 2. The summed E-state index contributed by atoms with van der Waals surface area (Å²) >= 11 is 0. The fraction of sp³-hybridized carbons (Fsp3) is 0.500. The van der Waals surface area contributed by atoms with Crippen molar-refractivity contribution in [1.82, 2.24) is 5.32 Å². The number of carboxylic acids is 1. The number of carbonyl (C=O) groups excluding carboxylic acids is 1. The van der Waals surface area contributed by atoms with Crippen LogP contribution in [0.15, 0.2) is 24.3 Å². The highest BCUT2D eigenvalue weighted by molar-refractivity contribution is 5.95. The van der Waals surface area contributed by atoms with Crippen LogP contribution in [-0.2, 0) is 4.79 Å². The van der Waals surface area contributed by atoms with Crippen molar-refractivity contribution in [1.29, 1.82) is 0 Å². The number of halogens is 2. The molecule has 22 heavy (non-hydrogen) atoms. The number of carboxylic acid groups (broad SMARTS) is 1. The van der Waals surface area contributed by atoms with Gasteiger partial charge in [0.1, 0.15) is 0 Å². The molecule has 1 aliphatic rings. The lowest BCUT2D eigenvalue weighted by atomic mass is 9.73. The molecule has 2 atom stereocenters. The maximum atomic E-state index is 12.7. The van der Waals surface area contributed by atoms with Crippen LogP contribution in [0.5, 0.6) is 0 Å². The topological polar surface area (TPSA) is 66.4 Å². The normalized spacial score (nSPS) is 25.0. The third-order valence-corrected chi connectivity index (χ3v) is 4.31. The largest absolute Gasteiger partial charge is 0.481 e. The highest BCUT2D eigenvalue weighted by Crippen LogP contribution is 2.34. The lowest BCUT2D eigenvalue weighted by Gasteiger charge is -2.39. The standard InChI is InChI=1S/C16H19F2NO3/c1-16(8-3-2-7-12(16)15(21)22)19-14(20)11-6-4-5-10(9-11)13(17)18/h4-6,9,12-13H,2-3,7-8H2,1H3,(H,19,20)(H,21,22). The van der Waals surface area contributed by atoms with Gasteiger partial charge in [0, 0.05) is 11.1 Å². The monoisotopic (exact) mass is 311 g/mol. The predicted molar refractivity (Wildman–Crippen MR) is 76.9 cm³/mol. The second-order valence-electron chi connectivity index (χ2n) is 5.93. The SMILES string of the molecule is CC1(NC(=O)c2cccc(C(F)F)c2)CCCCC1C(=O)O. The summed E-state index contributed by atoms with van der Waals surface area (Å²) in [4.78, 5) is 23.7. The maximum Gasteiger partial charge on any atom is 0.308 e. The van der Waals surface area contributed by atoms with Crippen LogP contribution in [-0.4, -0.2) is 22.5 Å². The average molecular weight is 311 g/mol. The number of hydrogen-bond donors (Lipinski definition) is 2. The van der Waals surface area contributed by atoms with Gasteiger partial charge in [-0.2, -0.15) is 0 Å². The summed E-state index contributed by atoms with van der Waals surface area (Å²) in [6.07, 6.45) is 0.0544. The van der Waals surface area contributed by atoms with Crippen molar-refractivity contribution in [3.8, 4) is 0 Å². The molecule has 0 aliphatic heterocycles. The Balaban J connectivity index is 2.19. The molecule has 120 valence electrons.